The minimum absolute atomic E-state index is 0.446. The molecule has 0 aliphatic carbocycles. The van der Waals surface area contributed by atoms with Gasteiger partial charge in [-0.3, -0.25) is 4.90 Å². The van der Waals surface area contributed by atoms with E-state index in [9.17, 15) is 0 Å². The summed E-state index contributed by atoms with van der Waals surface area (Å²) in [5, 5.41) is 5.27. The largest absolute Gasteiger partial charge is 0.298 e. The normalized spacial score (nSPS) is 11.1. The van der Waals surface area contributed by atoms with Crippen LogP contribution < -0.4 is 15.9 Å². The van der Waals surface area contributed by atoms with Crippen molar-refractivity contribution in [2.45, 2.75) is 39.8 Å². The van der Waals surface area contributed by atoms with E-state index in [0.717, 1.165) is 11.9 Å². The number of hydrogen-bond donors (Lipinski definition) is 0. The number of alkyl halides is 1. The number of nitrogens with zero attached hydrogens (tertiary/aromatic N) is 1. The van der Waals surface area contributed by atoms with Crippen molar-refractivity contribution in [3.63, 3.8) is 0 Å². The van der Waals surface area contributed by atoms with Gasteiger partial charge in [0.1, 0.15) is 0 Å². The molecule has 29 heavy (non-hydrogen) atoms. The molecule has 1 nitrogen and oxygen atoms in total. The molecule has 3 aromatic rings. The zero-order valence-electron chi connectivity index (χ0n) is 18.0. The van der Waals surface area contributed by atoms with Crippen LogP contribution in [0.15, 0.2) is 91.0 Å². The van der Waals surface area contributed by atoms with E-state index in [0.29, 0.717) is 12.1 Å². The van der Waals surface area contributed by atoms with Gasteiger partial charge < -0.3 is 0 Å². The number of hydrogen-bond acceptors (Lipinski definition) is 1. The van der Waals surface area contributed by atoms with Crippen molar-refractivity contribution in [3.8, 4) is 0 Å². The van der Waals surface area contributed by atoms with Crippen LogP contribution in [0.1, 0.15) is 27.7 Å². The Hall–Kier alpha value is -1.47. The lowest BCUT2D eigenvalue weighted by Gasteiger charge is -2.29. The van der Waals surface area contributed by atoms with Crippen LogP contribution in [0.5, 0.6) is 0 Å². The zero-order valence-corrected chi connectivity index (χ0v) is 20.5. The summed E-state index contributed by atoms with van der Waals surface area (Å²) in [5.41, 5.74) is 0. The van der Waals surface area contributed by atoms with E-state index >= 15 is 0 Å². The Morgan fingerprint density at radius 2 is 0.931 bits per heavy atom. The van der Waals surface area contributed by atoms with E-state index < -0.39 is 7.92 Å². The first-order valence-corrected chi connectivity index (χ1v) is 12.8. The average molecular weight is 470 g/mol. The fraction of sp³-hybridized carbons (Fsp3) is 0.308. The first kappa shape index (κ1) is 23.8. The number of halogens is 1. The van der Waals surface area contributed by atoms with E-state index in [2.05, 4.69) is 140 Å². The maximum absolute atomic E-state index is 3.44. The fourth-order valence-electron chi connectivity index (χ4n) is 3.39. The molecule has 0 saturated heterocycles. The molecule has 0 aliphatic heterocycles. The van der Waals surface area contributed by atoms with Gasteiger partial charge in [0.25, 0.3) is 0 Å². The predicted octanol–water partition coefficient (Wildman–Crippen LogP) is 5.94. The predicted molar refractivity (Wildman–Crippen MR) is 136 cm³/mol. The van der Waals surface area contributed by atoms with Gasteiger partial charge in [-0.05, 0) is 51.5 Å². The molecular weight excluding hydrogens is 437 g/mol. The van der Waals surface area contributed by atoms with E-state index in [1.165, 1.54) is 15.9 Å². The van der Waals surface area contributed by atoms with Gasteiger partial charge in [0.15, 0.2) is 0 Å². The van der Waals surface area contributed by atoms with Crippen molar-refractivity contribution in [3.05, 3.63) is 91.0 Å². The molecule has 0 unspecified atom stereocenters. The molecule has 0 N–H and O–H groups in total. The summed E-state index contributed by atoms with van der Waals surface area (Å²) >= 11 is 3.44. The third-order valence-corrected chi connectivity index (χ3v) is 7.51. The monoisotopic (exact) mass is 469 g/mol. The third-order valence-electron chi connectivity index (χ3n) is 4.71. The SMILES string of the molecule is CC(C)N(CCBr)C(C)C.c1ccc(P(c2ccccc2)c2ccccc2)cc1. The molecule has 0 aliphatic rings. The summed E-state index contributed by atoms with van der Waals surface area (Å²) in [7, 11) is -0.446. The third kappa shape index (κ3) is 7.70. The molecule has 154 valence electrons. The molecule has 0 atom stereocenters. The molecule has 0 spiro atoms. The van der Waals surface area contributed by atoms with Gasteiger partial charge in [0, 0.05) is 24.0 Å². The second-order valence-electron chi connectivity index (χ2n) is 7.46. The Morgan fingerprint density at radius 1 is 0.621 bits per heavy atom. The molecule has 0 heterocycles. The summed E-state index contributed by atoms with van der Waals surface area (Å²) in [6, 6.07) is 33.7. The van der Waals surface area contributed by atoms with Crippen molar-refractivity contribution in [2.24, 2.45) is 0 Å². The Balaban J connectivity index is 0.000000257. The molecule has 0 amide bonds. The standard InChI is InChI=1S/C18H15P.C8H18BrN/c1-4-10-16(11-5-1)19(17-12-6-2-7-13-17)18-14-8-3-9-15-18;1-7(2)10(6-5-9)8(3)4/h1-15H;7-8H,5-6H2,1-4H3. The lowest BCUT2D eigenvalue weighted by Crippen LogP contribution is -2.38. The Bertz CT molecular complexity index is 689. The smallest absolute Gasteiger partial charge is 0.0159 e. The van der Waals surface area contributed by atoms with Crippen LogP contribution in [0.4, 0.5) is 0 Å². The highest BCUT2D eigenvalue weighted by molar-refractivity contribution is 9.09. The molecule has 0 radical (unpaired) electrons. The summed E-state index contributed by atoms with van der Waals surface area (Å²) in [6.07, 6.45) is 0. The van der Waals surface area contributed by atoms with Crippen molar-refractivity contribution in [1.29, 1.82) is 0 Å². The summed E-state index contributed by atoms with van der Waals surface area (Å²) in [5.74, 6) is 0. The second-order valence-corrected chi connectivity index (χ2v) is 10.5. The highest BCUT2D eigenvalue weighted by atomic mass is 79.9. The van der Waals surface area contributed by atoms with E-state index in [1.807, 2.05) is 0 Å². The minimum atomic E-state index is -0.446. The van der Waals surface area contributed by atoms with Crippen LogP contribution >= 0.6 is 23.9 Å². The van der Waals surface area contributed by atoms with Crippen LogP contribution in [0.25, 0.3) is 0 Å². The van der Waals surface area contributed by atoms with Gasteiger partial charge in [0.2, 0.25) is 0 Å². The maximum atomic E-state index is 3.44. The molecule has 0 bridgehead atoms. The number of rotatable bonds is 7. The Kier molecular flexibility index (Phi) is 10.6. The van der Waals surface area contributed by atoms with Crippen LogP contribution in [0.2, 0.25) is 0 Å². The topological polar surface area (TPSA) is 3.24 Å². The quantitative estimate of drug-likeness (QED) is 0.305. The zero-order chi connectivity index (χ0) is 21.1. The van der Waals surface area contributed by atoms with Crippen LogP contribution in [-0.2, 0) is 0 Å². The van der Waals surface area contributed by atoms with Crippen LogP contribution in [-0.4, -0.2) is 28.9 Å². The van der Waals surface area contributed by atoms with Crippen molar-refractivity contribution in [2.75, 3.05) is 11.9 Å². The van der Waals surface area contributed by atoms with E-state index in [-0.39, 0.29) is 0 Å². The van der Waals surface area contributed by atoms with Crippen molar-refractivity contribution >= 4 is 39.8 Å². The molecule has 0 saturated carbocycles. The Morgan fingerprint density at radius 3 is 1.14 bits per heavy atom. The Labute approximate surface area is 187 Å². The lowest BCUT2D eigenvalue weighted by atomic mass is 10.2. The lowest BCUT2D eigenvalue weighted by molar-refractivity contribution is 0.188. The summed E-state index contributed by atoms with van der Waals surface area (Å²) in [6.45, 7) is 10.1. The van der Waals surface area contributed by atoms with E-state index in [4.69, 9.17) is 0 Å². The molecular formula is C26H33BrNP. The summed E-state index contributed by atoms with van der Waals surface area (Å²) < 4.78 is 0. The average Bonchev–Trinajstić information content (AvgIpc) is 2.74. The number of benzene rings is 3. The highest BCUT2D eigenvalue weighted by Crippen LogP contribution is 2.32. The molecule has 0 aromatic heterocycles. The van der Waals surface area contributed by atoms with Gasteiger partial charge in [0.05, 0.1) is 0 Å². The molecule has 3 rings (SSSR count). The van der Waals surface area contributed by atoms with Gasteiger partial charge in [-0.2, -0.15) is 0 Å². The second kappa shape index (κ2) is 13.0. The summed E-state index contributed by atoms with van der Waals surface area (Å²) in [4.78, 5) is 2.47. The van der Waals surface area contributed by atoms with Gasteiger partial charge in [-0.25, -0.2) is 0 Å². The van der Waals surface area contributed by atoms with Crippen molar-refractivity contribution < 1.29 is 0 Å². The minimum Gasteiger partial charge on any atom is -0.298 e. The van der Waals surface area contributed by atoms with Crippen LogP contribution in [0, 0.1) is 0 Å². The molecule has 0 fully saturated rings. The maximum Gasteiger partial charge on any atom is 0.0159 e. The van der Waals surface area contributed by atoms with Gasteiger partial charge in [-0.1, -0.05) is 107 Å². The van der Waals surface area contributed by atoms with Gasteiger partial charge in [-0.15, -0.1) is 0 Å². The van der Waals surface area contributed by atoms with Gasteiger partial charge >= 0.3 is 0 Å². The first-order chi connectivity index (χ1) is 14.0. The van der Waals surface area contributed by atoms with Crippen molar-refractivity contribution in [1.82, 2.24) is 4.90 Å². The van der Waals surface area contributed by atoms with E-state index in [1.54, 1.807) is 0 Å². The molecule has 3 aromatic carbocycles. The van der Waals surface area contributed by atoms with Crippen LogP contribution in [0.3, 0.4) is 0 Å². The molecule has 3 heteroatoms. The first-order valence-electron chi connectivity index (χ1n) is 10.3. The highest BCUT2D eigenvalue weighted by Gasteiger charge is 2.15. The fourth-order valence-corrected chi connectivity index (χ4v) is 6.10.